The molecule has 1 heteroatoms. The average Bonchev–Trinajstić information content (AvgIpc) is 2.15. The Balaban J connectivity index is 3.61. The lowest BCUT2D eigenvalue weighted by Crippen LogP contribution is -1.69. The van der Waals surface area contributed by atoms with Crippen molar-refractivity contribution >= 4 is 6.05 Å². The van der Waals surface area contributed by atoms with Crippen molar-refractivity contribution in [3.63, 3.8) is 0 Å². The van der Waals surface area contributed by atoms with Crippen LogP contribution in [-0.2, 0) is 0 Å². The first kappa shape index (κ1) is 1.24. The predicted molar refractivity (Wildman–Crippen MR) is 34.3 cm³/mol. The van der Waals surface area contributed by atoms with Crippen molar-refractivity contribution in [3.8, 4) is 0 Å². The maximum atomic E-state index is 7.38. The molecule has 1 aromatic rings. The summed E-state index contributed by atoms with van der Waals surface area (Å²) in [5.41, 5.74) is -0.361. The second-order valence-corrected chi connectivity index (χ2v) is 1.09. The van der Waals surface area contributed by atoms with E-state index in [1.807, 2.05) is 0 Å². The smallest absolute Gasteiger partial charge is 0.0840 e. The van der Waals surface area contributed by atoms with E-state index in [1.54, 1.807) is 0 Å². The summed E-state index contributed by atoms with van der Waals surface area (Å²) in [5, 5.41) is 0. The highest BCUT2D eigenvalue weighted by molar-refractivity contribution is 5.44. The lowest BCUT2D eigenvalue weighted by Gasteiger charge is -1.84. The lowest BCUT2D eigenvalue weighted by atomic mass is 10.3. The first-order chi connectivity index (χ1) is 6.86. The van der Waals surface area contributed by atoms with Crippen LogP contribution in [0.2, 0.25) is 0 Å². The van der Waals surface area contributed by atoms with Gasteiger partial charge in [-0.2, -0.15) is 0 Å². The van der Waals surface area contributed by atoms with E-state index in [4.69, 9.17) is 9.60 Å². The molecule has 0 atom stereocenters. The minimum Gasteiger partial charge on any atom is -0.265 e. The molecule has 0 saturated heterocycles. The molecule has 0 unspecified atom stereocenters. The second-order valence-electron chi connectivity index (χ2n) is 1.09. The molecular weight excluding hydrogens is 98.1 g/mol. The molecule has 0 N–H and O–H groups in total. The van der Waals surface area contributed by atoms with Crippen LogP contribution in [0.3, 0.4) is 0 Å². The van der Waals surface area contributed by atoms with Crippen LogP contribution in [0.25, 0.3) is 6.05 Å². The molecule has 0 aliphatic carbocycles. The first-order valence-electron chi connectivity index (χ1n) is 5.45. The Kier molecular flexibility index (Phi) is 0.350. The van der Waals surface area contributed by atoms with Crippen molar-refractivity contribution in [1.82, 2.24) is 4.98 Å². The van der Waals surface area contributed by atoms with E-state index in [2.05, 4.69) is 4.98 Å². The SMILES string of the molecule is [2H]C([2H])=C([2H])c1c([2H])c([2H])nc([2H])c1[2H]. The summed E-state index contributed by atoms with van der Waals surface area (Å²) < 4.78 is 50.3. The summed E-state index contributed by atoms with van der Waals surface area (Å²) in [6, 6.07) is -1.65. The molecule has 1 rings (SSSR count). The molecule has 0 aliphatic rings. The molecule has 8 heavy (non-hydrogen) atoms. The van der Waals surface area contributed by atoms with E-state index in [-0.39, 0.29) is 5.56 Å². The molecule has 0 bridgehead atoms. The van der Waals surface area contributed by atoms with Crippen molar-refractivity contribution in [2.75, 3.05) is 0 Å². The molecule has 1 heterocycles. The van der Waals surface area contributed by atoms with E-state index in [0.717, 1.165) is 0 Å². The zero-order valence-corrected chi connectivity index (χ0v) is 3.95. The standard InChI is InChI=1S/C7H7N/c1-2-7-3-5-8-6-4-7/h2-6H,1H2/i1D2,2D,3D,4D,5D,6D. The number of hydrogen-bond donors (Lipinski definition) is 0. The number of nitrogens with zero attached hydrogens (tertiary/aromatic N) is 1. The Hall–Kier alpha value is -1.11. The highest BCUT2D eigenvalue weighted by Crippen LogP contribution is 1.94. The van der Waals surface area contributed by atoms with Crippen molar-refractivity contribution in [1.29, 1.82) is 0 Å². The largest absolute Gasteiger partial charge is 0.265 e. The Morgan fingerprint density at radius 1 is 1.88 bits per heavy atom. The molecule has 0 saturated carbocycles. The molecule has 1 aromatic heterocycles. The van der Waals surface area contributed by atoms with Gasteiger partial charge in [0.15, 0.2) is 0 Å². The third-order valence-electron chi connectivity index (χ3n) is 0.599. The van der Waals surface area contributed by atoms with Crippen LogP contribution >= 0.6 is 0 Å². The molecule has 40 valence electrons. The summed E-state index contributed by atoms with van der Waals surface area (Å²) in [4.78, 5) is 3.31. The first-order valence-corrected chi connectivity index (χ1v) is 1.95. The van der Waals surface area contributed by atoms with Crippen LogP contribution in [-0.4, -0.2) is 4.98 Å². The quantitative estimate of drug-likeness (QED) is 0.539. The van der Waals surface area contributed by atoms with Gasteiger partial charge in [-0.15, -0.1) is 0 Å². The van der Waals surface area contributed by atoms with E-state index < -0.39 is 37.0 Å². The van der Waals surface area contributed by atoms with Crippen LogP contribution in [0.1, 0.15) is 15.2 Å². The summed E-state index contributed by atoms with van der Waals surface area (Å²) >= 11 is 0. The zero-order valence-electron chi connectivity index (χ0n) is 10.9. The van der Waals surface area contributed by atoms with Gasteiger partial charge in [0.25, 0.3) is 0 Å². The Morgan fingerprint density at radius 2 is 2.62 bits per heavy atom. The fourth-order valence-electron chi connectivity index (χ4n) is 0.289. The highest BCUT2D eigenvalue weighted by Gasteiger charge is 1.76. The number of hydrogen-bond acceptors (Lipinski definition) is 1. The summed E-state index contributed by atoms with van der Waals surface area (Å²) in [5.74, 6) is 0. The van der Waals surface area contributed by atoms with Crippen molar-refractivity contribution < 1.29 is 9.60 Å². The van der Waals surface area contributed by atoms with Gasteiger partial charge < -0.3 is 0 Å². The summed E-state index contributed by atoms with van der Waals surface area (Å²) in [6.07, 6.45) is -1.06. The van der Waals surface area contributed by atoms with E-state index in [0.29, 0.717) is 0 Å². The average molecular weight is 112 g/mol. The van der Waals surface area contributed by atoms with Crippen LogP contribution in [0.5, 0.6) is 0 Å². The van der Waals surface area contributed by atoms with Gasteiger partial charge in [0.1, 0.15) is 0 Å². The van der Waals surface area contributed by atoms with Crippen molar-refractivity contribution in [2.45, 2.75) is 0 Å². The van der Waals surface area contributed by atoms with Crippen molar-refractivity contribution in [3.05, 3.63) is 36.5 Å². The maximum Gasteiger partial charge on any atom is 0.0840 e. The van der Waals surface area contributed by atoms with Gasteiger partial charge in [0.05, 0.1) is 9.60 Å². The third kappa shape index (κ3) is 0.936. The molecule has 0 aromatic carbocycles. The van der Waals surface area contributed by atoms with Gasteiger partial charge in [-0.05, 0) is 17.6 Å². The van der Waals surface area contributed by atoms with Crippen LogP contribution < -0.4 is 0 Å². The Labute approximate surface area is 58.5 Å². The van der Waals surface area contributed by atoms with Crippen LogP contribution in [0.15, 0.2) is 31.0 Å². The topological polar surface area (TPSA) is 12.9 Å². The maximum absolute atomic E-state index is 7.38. The van der Waals surface area contributed by atoms with E-state index in [9.17, 15) is 0 Å². The van der Waals surface area contributed by atoms with Crippen LogP contribution in [0, 0.1) is 0 Å². The molecule has 0 amide bonds. The summed E-state index contributed by atoms with van der Waals surface area (Å²) in [7, 11) is 0. The van der Waals surface area contributed by atoms with Crippen molar-refractivity contribution in [2.24, 2.45) is 0 Å². The van der Waals surface area contributed by atoms with Gasteiger partial charge in [-0.3, -0.25) is 4.98 Å². The lowest BCUT2D eigenvalue weighted by molar-refractivity contribution is 1.32. The molecule has 0 aliphatic heterocycles. The Bertz CT molecular complexity index is 409. The Morgan fingerprint density at radius 3 is 3.25 bits per heavy atom. The third-order valence-corrected chi connectivity index (χ3v) is 0.599. The normalized spacial score (nSPS) is 20.2. The minimum atomic E-state index is -0.859. The number of aromatic nitrogens is 1. The minimum absolute atomic E-state index is 0.361. The molecule has 0 spiro atoms. The second kappa shape index (κ2) is 2.26. The highest BCUT2D eigenvalue weighted by atomic mass is 14.6. The fraction of sp³-hybridized carbons (Fsp3) is 0. The summed E-state index contributed by atoms with van der Waals surface area (Å²) in [6.45, 7) is -0.859. The van der Waals surface area contributed by atoms with Gasteiger partial charge in [0.2, 0.25) is 0 Å². The van der Waals surface area contributed by atoms with Gasteiger partial charge in [-0.1, -0.05) is 12.6 Å². The molecule has 1 nitrogen and oxygen atoms in total. The monoisotopic (exact) mass is 112 g/mol. The molecule has 0 radical (unpaired) electrons. The predicted octanol–water partition coefficient (Wildman–Crippen LogP) is 1.72. The zero-order chi connectivity index (χ0) is 11.7. The van der Waals surface area contributed by atoms with E-state index >= 15 is 0 Å². The fourth-order valence-corrected chi connectivity index (χ4v) is 0.289. The van der Waals surface area contributed by atoms with Gasteiger partial charge in [0, 0.05) is 12.3 Å². The molecule has 0 fully saturated rings. The van der Waals surface area contributed by atoms with Crippen LogP contribution in [0.4, 0.5) is 0 Å². The van der Waals surface area contributed by atoms with Gasteiger partial charge >= 0.3 is 0 Å². The van der Waals surface area contributed by atoms with E-state index in [1.165, 1.54) is 0 Å². The van der Waals surface area contributed by atoms with Gasteiger partial charge in [-0.25, -0.2) is 0 Å². The number of pyridine rings is 1. The molecular formula is C7H7N. The number of rotatable bonds is 1.